The van der Waals surface area contributed by atoms with Crippen molar-refractivity contribution in [2.45, 2.75) is 63.8 Å². The van der Waals surface area contributed by atoms with E-state index in [4.69, 9.17) is 4.74 Å². The van der Waals surface area contributed by atoms with Gasteiger partial charge in [-0.25, -0.2) is 0 Å². The summed E-state index contributed by atoms with van der Waals surface area (Å²) in [7, 11) is -0.115. The van der Waals surface area contributed by atoms with Gasteiger partial charge in [0.1, 0.15) is 0 Å². The van der Waals surface area contributed by atoms with Crippen molar-refractivity contribution in [2.75, 3.05) is 13.1 Å². The van der Waals surface area contributed by atoms with Crippen molar-refractivity contribution in [1.82, 2.24) is 5.32 Å². The van der Waals surface area contributed by atoms with E-state index >= 15 is 0 Å². The maximum absolute atomic E-state index is 6.55. The van der Waals surface area contributed by atoms with E-state index in [0.29, 0.717) is 6.10 Å². The third-order valence-corrected chi connectivity index (χ3v) is 6.31. The lowest BCUT2D eigenvalue weighted by Gasteiger charge is -2.32. The van der Waals surface area contributed by atoms with Crippen molar-refractivity contribution in [3.05, 3.63) is 11.6 Å². The van der Waals surface area contributed by atoms with Gasteiger partial charge in [-0.3, -0.25) is 0 Å². The summed E-state index contributed by atoms with van der Waals surface area (Å²) in [4.78, 5) is 0. The Morgan fingerprint density at radius 2 is 2.28 bits per heavy atom. The van der Waals surface area contributed by atoms with Gasteiger partial charge in [-0.1, -0.05) is 31.9 Å². The lowest BCUT2D eigenvalue weighted by molar-refractivity contribution is -0.0140. The van der Waals surface area contributed by atoms with Crippen LogP contribution >= 0.6 is 0 Å². The SMILES string of the molecule is CCCC[SiH2]C(C)(C)OC(C1=CCNC1)C1CC1. The topological polar surface area (TPSA) is 21.3 Å². The fourth-order valence-corrected chi connectivity index (χ4v) is 4.68. The minimum Gasteiger partial charge on any atom is -0.372 e. The van der Waals surface area contributed by atoms with Gasteiger partial charge in [0, 0.05) is 18.3 Å². The van der Waals surface area contributed by atoms with Crippen molar-refractivity contribution in [3.63, 3.8) is 0 Å². The molecule has 0 saturated heterocycles. The standard InChI is InChI=1S/C15H29NOSi/c1-4-5-10-18-15(2,3)17-14(12-6-7-12)13-8-9-16-11-13/h8,12,14,16H,4-7,9-11,18H2,1-3H3. The number of nitrogens with one attached hydrogen (secondary N) is 1. The Kier molecular flexibility index (Phi) is 5.04. The van der Waals surface area contributed by atoms with Gasteiger partial charge in [0.05, 0.1) is 15.6 Å². The van der Waals surface area contributed by atoms with E-state index in [9.17, 15) is 0 Å². The van der Waals surface area contributed by atoms with E-state index < -0.39 is 0 Å². The summed E-state index contributed by atoms with van der Waals surface area (Å²) in [6.07, 6.45) is 8.22. The van der Waals surface area contributed by atoms with Crippen LogP contribution in [0.5, 0.6) is 0 Å². The highest BCUT2D eigenvalue weighted by Gasteiger charge is 2.38. The first-order valence-electron chi connectivity index (χ1n) is 7.70. The molecule has 0 radical (unpaired) electrons. The molecular weight excluding hydrogens is 238 g/mol. The van der Waals surface area contributed by atoms with Gasteiger partial charge in [0.25, 0.3) is 0 Å². The Morgan fingerprint density at radius 1 is 1.50 bits per heavy atom. The smallest absolute Gasteiger partial charge is 0.0828 e. The van der Waals surface area contributed by atoms with Crippen LogP contribution < -0.4 is 5.32 Å². The molecule has 1 heterocycles. The molecule has 18 heavy (non-hydrogen) atoms. The van der Waals surface area contributed by atoms with Gasteiger partial charge in [-0.2, -0.15) is 0 Å². The molecule has 0 amide bonds. The minimum atomic E-state index is -0.115. The van der Waals surface area contributed by atoms with Crippen LogP contribution in [0.1, 0.15) is 46.5 Å². The van der Waals surface area contributed by atoms with Gasteiger partial charge < -0.3 is 10.1 Å². The number of hydrogen-bond donors (Lipinski definition) is 1. The molecule has 104 valence electrons. The van der Waals surface area contributed by atoms with Gasteiger partial charge >= 0.3 is 0 Å². The molecule has 1 unspecified atom stereocenters. The summed E-state index contributed by atoms with van der Waals surface area (Å²) in [6.45, 7) is 9.02. The second kappa shape index (κ2) is 6.35. The van der Waals surface area contributed by atoms with Crippen molar-refractivity contribution in [1.29, 1.82) is 0 Å². The van der Waals surface area contributed by atoms with Crippen LogP contribution in [0, 0.1) is 5.92 Å². The van der Waals surface area contributed by atoms with E-state index in [2.05, 4.69) is 32.2 Å². The molecule has 1 saturated carbocycles. The summed E-state index contributed by atoms with van der Waals surface area (Å²) in [5, 5.41) is 3.58. The summed E-state index contributed by atoms with van der Waals surface area (Å²) in [6, 6.07) is 1.43. The van der Waals surface area contributed by atoms with E-state index in [0.717, 1.165) is 19.0 Å². The number of unbranched alkanes of at least 4 members (excludes halogenated alkanes) is 1. The van der Waals surface area contributed by atoms with Gasteiger partial charge in [0.2, 0.25) is 0 Å². The van der Waals surface area contributed by atoms with Crippen LogP contribution in [0.4, 0.5) is 0 Å². The molecule has 2 rings (SSSR count). The predicted molar refractivity (Wildman–Crippen MR) is 80.9 cm³/mol. The molecule has 3 heteroatoms. The van der Waals surface area contributed by atoms with Crippen LogP contribution in [-0.2, 0) is 4.74 Å². The molecule has 0 bridgehead atoms. The minimum absolute atomic E-state index is 0.115. The second-order valence-electron chi connectivity index (χ2n) is 6.50. The summed E-state index contributed by atoms with van der Waals surface area (Å²) >= 11 is 0. The van der Waals surface area contributed by atoms with Crippen molar-refractivity contribution >= 4 is 9.52 Å². The normalized spacial score (nSPS) is 22.7. The summed E-state index contributed by atoms with van der Waals surface area (Å²) in [5.74, 6) is 0.815. The fraction of sp³-hybridized carbons (Fsp3) is 0.867. The van der Waals surface area contributed by atoms with Gasteiger partial charge in [-0.05, 0) is 38.2 Å². The molecule has 1 atom stereocenters. The van der Waals surface area contributed by atoms with E-state index in [1.54, 1.807) is 0 Å². The third-order valence-electron chi connectivity index (χ3n) is 4.08. The Hall–Kier alpha value is -0.123. The molecule has 1 fully saturated rings. The predicted octanol–water partition coefficient (Wildman–Crippen LogP) is 2.43. The van der Waals surface area contributed by atoms with E-state index in [1.807, 2.05) is 0 Å². The summed E-state index contributed by atoms with van der Waals surface area (Å²) < 4.78 is 6.55. The Labute approximate surface area is 114 Å². The Morgan fingerprint density at radius 3 is 2.83 bits per heavy atom. The lowest BCUT2D eigenvalue weighted by Crippen LogP contribution is -2.38. The molecule has 0 aromatic carbocycles. The highest BCUT2D eigenvalue weighted by Crippen LogP contribution is 2.39. The molecule has 0 aromatic rings. The largest absolute Gasteiger partial charge is 0.372 e. The molecule has 2 nitrogen and oxygen atoms in total. The molecule has 0 aromatic heterocycles. The molecule has 2 aliphatic rings. The van der Waals surface area contributed by atoms with E-state index in [-0.39, 0.29) is 14.7 Å². The van der Waals surface area contributed by atoms with Crippen LogP contribution in [0.15, 0.2) is 11.6 Å². The zero-order valence-electron chi connectivity index (χ0n) is 12.3. The fourth-order valence-electron chi connectivity index (χ4n) is 2.79. The molecular formula is C15H29NOSi. The lowest BCUT2D eigenvalue weighted by atomic mass is 10.1. The zero-order valence-corrected chi connectivity index (χ0v) is 13.7. The van der Waals surface area contributed by atoms with Gasteiger partial charge in [0.15, 0.2) is 0 Å². The van der Waals surface area contributed by atoms with Crippen molar-refractivity contribution in [3.8, 4) is 0 Å². The zero-order chi connectivity index (χ0) is 13.0. The molecule has 1 aliphatic carbocycles. The second-order valence-corrected chi connectivity index (χ2v) is 9.41. The average Bonchev–Trinajstić information content (AvgIpc) is 3.01. The quantitative estimate of drug-likeness (QED) is 0.414. The third kappa shape index (κ3) is 4.21. The summed E-state index contributed by atoms with van der Waals surface area (Å²) in [5.41, 5.74) is 1.52. The van der Waals surface area contributed by atoms with Crippen LogP contribution in [0.25, 0.3) is 0 Å². The number of rotatable bonds is 8. The van der Waals surface area contributed by atoms with Crippen LogP contribution in [0.2, 0.25) is 6.04 Å². The van der Waals surface area contributed by atoms with Crippen LogP contribution in [0.3, 0.4) is 0 Å². The monoisotopic (exact) mass is 267 g/mol. The first kappa shape index (κ1) is 14.3. The Balaban J connectivity index is 1.87. The highest BCUT2D eigenvalue weighted by atomic mass is 28.2. The maximum Gasteiger partial charge on any atom is 0.0828 e. The van der Waals surface area contributed by atoms with Crippen LogP contribution in [-0.4, -0.2) is 33.9 Å². The van der Waals surface area contributed by atoms with Crippen molar-refractivity contribution in [2.24, 2.45) is 5.92 Å². The Bertz CT molecular complexity index is 297. The molecule has 1 aliphatic heterocycles. The number of ether oxygens (including phenoxy) is 1. The first-order valence-corrected chi connectivity index (χ1v) is 9.40. The van der Waals surface area contributed by atoms with E-state index in [1.165, 1.54) is 37.3 Å². The maximum atomic E-state index is 6.55. The number of hydrogen-bond acceptors (Lipinski definition) is 2. The molecule has 0 spiro atoms. The molecule has 1 N–H and O–H groups in total. The first-order chi connectivity index (χ1) is 8.62. The highest BCUT2D eigenvalue weighted by molar-refractivity contribution is 6.39. The average molecular weight is 267 g/mol. The van der Waals surface area contributed by atoms with Crippen molar-refractivity contribution < 1.29 is 4.74 Å². The van der Waals surface area contributed by atoms with Gasteiger partial charge in [-0.15, -0.1) is 0 Å².